The smallest absolute Gasteiger partial charge is 0.0101 e. The Labute approximate surface area is 183 Å². The van der Waals surface area contributed by atoms with Gasteiger partial charge in [0.25, 0.3) is 0 Å². The minimum atomic E-state index is 0.407. The van der Waals surface area contributed by atoms with Gasteiger partial charge in [-0.05, 0) is 84.9 Å². The van der Waals surface area contributed by atoms with Gasteiger partial charge in [0.1, 0.15) is 0 Å². The molecule has 2 rings (SSSR count). The lowest BCUT2D eigenvalue weighted by Gasteiger charge is -2.45. The van der Waals surface area contributed by atoms with Crippen LogP contribution in [-0.4, -0.2) is 12.1 Å². The molecule has 4 unspecified atom stereocenters. The maximum absolute atomic E-state index is 6.72. The van der Waals surface area contributed by atoms with E-state index in [4.69, 9.17) is 11.5 Å². The Hall–Kier alpha value is -0.0800. The van der Waals surface area contributed by atoms with E-state index in [1.165, 1.54) is 44.9 Å². The van der Waals surface area contributed by atoms with E-state index in [9.17, 15) is 0 Å². The lowest BCUT2D eigenvalue weighted by atomic mass is 9.63. The van der Waals surface area contributed by atoms with Crippen molar-refractivity contribution in [3.8, 4) is 0 Å². The second kappa shape index (κ2) is 11.0. The number of rotatable bonds is 8. The minimum Gasteiger partial charge on any atom is -0.327 e. The molecule has 0 bridgehead atoms. The lowest BCUT2D eigenvalue weighted by Crippen LogP contribution is -2.47. The fraction of sp³-hybridized carbons (Fsp3) is 1.00. The van der Waals surface area contributed by atoms with Crippen molar-refractivity contribution in [3.05, 3.63) is 0 Å². The highest BCUT2D eigenvalue weighted by molar-refractivity contribution is 4.93. The summed E-state index contributed by atoms with van der Waals surface area (Å²) in [6.07, 6.45) is 9.69. The minimum absolute atomic E-state index is 0.407. The Balaban J connectivity index is 1.92. The second-order valence-electron chi connectivity index (χ2n) is 12.4. The van der Waals surface area contributed by atoms with Gasteiger partial charge in [-0.25, -0.2) is 0 Å². The molecule has 2 heteroatoms. The molecule has 0 aromatic heterocycles. The first-order chi connectivity index (χ1) is 13.5. The van der Waals surface area contributed by atoms with Crippen LogP contribution in [0.5, 0.6) is 0 Å². The van der Waals surface area contributed by atoms with Crippen molar-refractivity contribution in [1.82, 2.24) is 0 Å². The van der Waals surface area contributed by atoms with Gasteiger partial charge in [-0.1, -0.05) is 74.7 Å². The van der Waals surface area contributed by atoms with Crippen molar-refractivity contribution >= 4 is 0 Å². The van der Waals surface area contributed by atoms with E-state index >= 15 is 0 Å². The van der Waals surface area contributed by atoms with Crippen LogP contribution in [0.1, 0.15) is 100 Å². The molecule has 0 saturated heterocycles. The molecule has 0 spiro atoms. The van der Waals surface area contributed by atoms with Crippen molar-refractivity contribution in [2.45, 2.75) is 112 Å². The largest absolute Gasteiger partial charge is 0.327 e. The Bertz CT molecular complexity index is 391. The van der Waals surface area contributed by atoms with Crippen molar-refractivity contribution in [2.75, 3.05) is 0 Å². The highest BCUT2D eigenvalue weighted by atomic mass is 14.7. The zero-order chi connectivity index (χ0) is 21.9. The molecule has 4 N–H and O–H groups in total. The van der Waals surface area contributed by atoms with E-state index in [2.05, 4.69) is 55.4 Å². The normalized spacial score (nSPS) is 39.1. The predicted molar refractivity (Wildman–Crippen MR) is 129 cm³/mol. The van der Waals surface area contributed by atoms with E-state index in [-0.39, 0.29) is 0 Å². The van der Waals surface area contributed by atoms with Gasteiger partial charge in [-0.15, -0.1) is 0 Å². The number of nitrogens with two attached hydrogens (primary N) is 2. The van der Waals surface area contributed by atoms with Gasteiger partial charge in [-0.3, -0.25) is 0 Å². The molecule has 0 aliphatic heterocycles. The first-order valence-electron chi connectivity index (χ1n) is 13.0. The van der Waals surface area contributed by atoms with Crippen LogP contribution >= 0.6 is 0 Å². The van der Waals surface area contributed by atoms with Crippen LogP contribution in [0.25, 0.3) is 0 Å². The number of hydrogen-bond acceptors (Lipinski definition) is 2. The standard InChI is InChI=1S/C27H54N2/c1-16(2)22-12-20(13-23(17(3)4)26(22)28)10-9-11-21-14-24(18(5)6)27(29)25(15-21)19(7)8/h16-27H,9-15,28-29H2,1-8H3. The average molecular weight is 407 g/mol. The van der Waals surface area contributed by atoms with Crippen molar-refractivity contribution in [1.29, 1.82) is 0 Å². The van der Waals surface area contributed by atoms with Gasteiger partial charge in [0.15, 0.2) is 0 Å². The summed E-state index contributed by atoms with van der Waals surface area (Å²) < 4.78 is 0. The van der Waals surface area contributed by atoms with Gasteiger partial charge in [0.2, 0.25) is 0 Å². The van der Waals surface area contributed by atoms with E-state index in [1.807, 2.05) is 0 Å². The maximum Gasteiger partial charge on any atom is 0.0101 e. The quantitative estimate of drug-likeness (QED) is 0.470. The molecule has 0 heterocycles. The van der Waals surface area contributed by atoms with Gasteiger partial charge in [0.05, 0.1) is 0 Å². The molecular formula is C27H54N2. The van der Waals surface area contributed by atoms with Crippen LogP contribution in [0.4, 0.5) is 0 Å². The van der Waals surface area contributed by atoms with Crippen LogP contribution < -0.4 is 11.5 Å². The molecule has 2 nitrogen and oxygen atoms in total. The maximum atomic E-state index is 6.72. The van der Waals surface area contributed by atoms with Crippen LogP contribution in [0.15, 0.2) is 0 Å². The predicted octanol–water partition coefficient (Wildman–Crippen LogP) is 6.72. The average Bonchev–Trinajstić information content (AvgIpc) is 2.62. The molecule has 4 atom stereocenters. The first kappa shape index (κ1) is 25.2. The zero-order valence-corrected chi connectivity index (χ0v) is 21.0. The molecule has 0 amide bonds. The summed E-state index contributed by atoms with van der Waals surface area (Å²) in [5.74, 6) is 7.49. The van der Waals surface area contributed by atoms with Gasteiger partial charge in [-0.2, -0.15) is 0 Å². The summed E-state index contributed by atoms with van der Waals surface area (Å²) in [6.45, 7) is 19.1. The molecule has 2 aliphatic carbocycles. The van der Waals surface area contributed by atoms with E-state index in [0.29, 0.717) is 59.4 Å². The Morgan fingerprint density at radius 2 is 0.759 bits per heavy atom. The third-order valence-corrected chi connectivity index (χ3v) is 9.05. The molecule has 29 heavy (non-hydrogen) atoms. The van der Waals surface area contributed by atoms with E-state index in [1.54, 1.807) is 0 Å². The summed E-state index contributed by atoms with van der Waals surface area (Å²) in [7, 11) is 0. The summed E-state index contributed by atoms with van der Waals surface area (Å²) in [5, 5.41) is 0. The fourth-order valence-electron chi connectivity index (χ4n) is 7.03. The molecule has 2 aliphatic rings. The second-order valence-corrected chi connectivity index (χ2v) is 12.4. The summed E-state index contributed by atoms with van der Waals surface area (Å²) in [6, 6.07) is 0.814. The topological polar surface area (TPSA) is 52.0 Å². The van der Waals surface area contributed by atoms with E-state index in [0.717, 1.165) is 11.8 Å². The summed E-state index contributed by atoms with van der Waals surface area (Å²) in [4.78, 5) is 0. The van der Waals surface area contributed by atoms with Crippen LogP contribution in [0, 0.1) is 59.2 Å². The molecule has 0 radical (unpaired) electrons. The fourth-order valence-corrected chi connectivity index (χ4v) is 7.03. The van der Waals surface area contributed by atoms with Crippen molar-refractivity contribution < 1.29 is 0 Å². The third-order valence-electron chi connectivity index (χ3n) is 9.05. The zero-order valence-electron chi connectivity index (χ0n) is 21.0. The van der Waals surface area contributed by atoms with Gasteiger partial charge < -0.3 is 11.5 Å². The van der Waals surface area contributed by atoms with Crippen molar-refractivity contribution in [2.24, 2.45) is 70.6 Å². The molecule has 2 fully saturated rings. The Morgan fingerprint density at radius 1 is 0.517 bits per heavy atom. The van der Waals surface area contributed by atoms with Crippen LogP contribution in [0.2, 0.25) is 0 Å². The lowest BCUT2D eigenvalue weighted by molar-refractivity contribution is 0.0801. The molecule has 0 aromatic carbocycles. The van der Waals surface area contributed by atoms with Crippen molar-refractivity contribution in [3.63, 3.8) is 0 Å². The third kappa shape index (κ3) is 6.45. The molecule has 2 saturated carbocycles. The Kier molecular flexibility index (Phi) is 9.54. The Morgan fingerprint density at radius 3 is 0.966 bits per heavy atom. The molecule has 172 valence electrons. The first-order valence-corrected chi connectivity index (χ1v) is 13.0. The highest BCUT2D eigenvalue weighted by Crippen LogP contribution is 2.44. The molecule has 0 aromatic rings. The van der Waals surface area contributed by atoms with Crippen LogP contribution in [0.3, 0.4) is 0 Å². The van der Waals surface area contributed by atoms with Crippen LogP contribution in [-0.2, 0) is 0 Å². The monoisotopic (exact) mass is 406 g/mol. The summed E-state index contributed by atoms with van der Waals surface area (Å²) in [5.41, 5.74) is 13.4. The molecular weight excluding hydrogens is 352 g/mol. The van der Waals surface area contributed by atoms with Gasteiger partial charge in [0, 0.05) is 12.1 Å². The summed E-state index contributed by atoms with van der Waals surface area (Å²) >= 11 is 0. The number of hydrogen-bond donors (Lipinski definition) is 2. The van der Waals surface area contributed by atoms with Gasteiger partial charge >= 0.3 is 0 Å². The SMILES string of the molecule is CC(C)C1CC(CCCC2CC(C(C)C)C(N)C(C(C)C)C2)CC(C(C)C)C1N. The highest BCUT2D eigenvalue weighted by Gasteiger charge is 2.39. The van der Waals surface area contributed by atoms with E-state index < -0.39 is 0 Å².